The summed E-state index contributed by atoms with van der Waals surface area (Å²) >= 11 is 5.94. The van der Waals surface area contributed by atoms with E-state index in [2.05, 4.69) is 6.92 Å². The molecule has 0 saturated heterocycles. The molecule has 0 heterocycles. The number of ketones is 2. The first kappa shape index (κ1) is 15.0. The van der Waals surface area contributed by atoms with E-state index in [0.717, 1.165) is 12.8 Å². The Bertz CT molecular complexity index is 530. The molecule has 0 spiro atoms. The number of carbonyl (C=O) groups excluding carboxylic acids is 3. The summed E-state index contributed by atoms with van der Waals surface area (Å²) in [7, 11) is 0. The first-order valence-corrected chi connectivity index (χ1v) is 8.03. The van der Waals surface area contributed by atoms with Crippen LogP contribution in [0.5, 0.6) is 0 Å². The third-order valence-corrected chi connectivity index (χ3v) is 6.20. The molecule has 0 aromatic carbocycles. The van der Waals surface area contributed by atoms with Gasteiger partial charge in [-0.1, -0.05) is 13.8 Å². The van der Waals surface area contributed by atoms with E-state index in [9.17, 15) is 14.4 Å². The number of alkyl halides is 1. The Labute approximate surface area is 129 Å². The molecule has 6 atom stereocenters. The van der Waals surface area contributed by atoms with Crippen molar-refractivity contribution in [3.8, 4) is 0 Å². The van der Waals surface area contributed by atoms with Crippen molar-refractivity contribution in [2.45, 2.75) is 56.9 Å². The molecule has 0 aliphatic heterocycles. The quantitative estimate of drug-likeness (QED) is 0.551. The van der Waals surface area contributed by atoms with Gasteiger partial charge in [-0.25, -0.2) is 0 Å². The normalized spacial score (nSPS) is 49.0. The number of hydrogen-bond donors (Lipinski definition) is 0. The summed E-state index contributed by atoms with van der Waals surface area (Å²) in [4.78, 5) is 32.8. The minimum Gasteiger partial charge on any atom is -0.451 e. The zero-order valence-corrected chi connectivity index (χ0v) is 13.4. The predicted molar refractivity (Wildman–Crippen MR) is 76.9 cm³/mol. The van der Waals surface area contributed by atoms with Crippen molar-refractivity contribution in [1.82, 2.24) is 0 Å². The number of ether oxygens (including phenoxy) is 1. The van der Waals surface area contributed by atoms with Gasteiger partial charge < -0.3 is 4.74 Å². The summed E-state index contributed by atoms with van der Waals surface area (Å²) in [6.07, 6.45) is 2.99. The second-order valence-electron chi connectivity index (χ2n) is 7.18. The van der Waals surface area contributed by atoms with Crippen LogP contribution in [0.2, 0.25) is 0 Å². The smallest absolute Gasteiger partial charge is 0.303 e. The molecular formula is C16H21ClO4. The molecule has 21 heavy (non-hydrogen) atoms. The fourth-order valence-electron chi connectivity index (χ4n) is 4.13. The minimum absolute atomic E-state index is 0.121. The average molecular weight is 313 g/mol. The molecule has 4 rings (SSSR count). The van der Waals surface area contributed by atoms with Gasteiger partial charge in [0.15, 0.2) is 17.2 Å². The van der Waals surface area contributed by atoms with Crippen LogP contribution in [0.25, 0.3) is 0 Å². The maximum Gasteiger partial charge on any atom is 0.303 e. The highest BCUT2D eigenvalue weighted by Crippen LogP contribution is 2.61. The summed E-state index contributed by atoms with van der Waals surface area (Å²) in [5.74, 6) is 1.85. The van der Waals surface area contributed by atoms with Crippen LogP contribution in [-0.2, 0) is 19.1 Å². The number of hydrogen-bond acceptors (Lipinski definition) is 4. The lowest BCUT2D eigenvalue weighted by molar-refractivity contribution is -0.155. The van der Waals surface area contributed by atoms with Gasteiger partial charge in [0.1, 0.15) is 4.87 Å². The average Bonchev–Trinajstić information content (AvgIpc) is 3.20. The number of esters is 1. The van der Waals surface area contributed by atoms with Gasteiger partial charge in [-0.15, -0.1) is 11.6 Å². The summed E-state index contributed by atoms with van der Waals surface area (Å²) in [5.41, 5.74) is -0.675. The van der Waals surface area contributed by atoms with Crippen LogP contribution < -0.4 is 0 Å². The predicted octanol–water partition coefficient (Wildman–Crippen LogP) is 2.51. The molecule has 4 saturated carbocycles. The number of fused-ring (bicyclic) bond motifs is 2. The van der Waals surface area contributed by atoms with Crippen LogP contribution in [-0.4, -0.2) is 28.0 Å². The van der Waals surface area contributed by atoms with E-state index in [0.29, 0.717) is 36.5 Å². The van der Waals surface area contributed by atoms with Gasteiger partial charge in [0, 0.05) is 32.1 Å². The Balaban J connectivity index is 0.000000131. The summed E-state index contributed by atoms with van der Waals surface area (Å²) in [6.45, 7) is 5.51. The third kappa shape index (κ3) is 2.23. The molecule has 0 aromatic heterocycles. The van der Waals surface area contributed by atoms with E-state index in [4.69, 9.17) is 16.3 Å². The van der Waals surface area contributed by atoms with Crippen molar-refractivity contribution in [3.05, 3.63) is 0 Å². The maximum atomic E-state index is 11.4. The first-order valence-electron chi connectivity index (χ1n) is 7.66. The van der Waals surface area contributed by atoms with E-state index in [1.54, 1.807) is 0 Å². The lowest BCUT2D eigenvalue weighted by Gasteiger charge is -2.09. The second kappa shape index (κ2) is 4.55. The molecule has 6 unspecified atom stereocenters. The highest BCUT2D eigenvalue weighted by Gasteiger charge is 2.69. The fourth-order valence-corrected chi connectivity index (χ4v) is 4.58. The zero-order chi connectivity index (χ0) is 15.6. The van der Waals surface area contributed by atoms with Crippen molar-refractivity contribution in [1.29, 1.82) is 0 Å². The number of halogens is 1. The van der Waals surface area contributed by atoms with Crippen LogP contribution in [0.1, 0.15) is 46.5 Å². The van der Waals surface area contributed by atoms with Crippen molar-refractivity contribution in [2.75, 3.05) is 0 Å². The molecule has 5 heteroatoms. The first-order chi connectivity index (χ1) is 9.70. The van der Waals surface area contributed by atoms with E-state index in [-0.39, 0.29) is 22.4 Å². The Morgan fingerprint density at radius 2 is 1.67 bits per heavy atom. The molecular weight excluding hydrogens is 292 g/mol. The molecule has 4 aliphatic carbocycles. The largest absolute Gasteiger partial charge is 0.451 e. The van der Waals surface area contributed by atoms with E-state index >= 15 is 0 Å². The van der Waals surface area contributed by atoms with Crippen LogP contribution in [0.3, 0.4) is 0 Å². The topological polar surface area (TPSA) is 60.4 Å². The highest BCUT2D eigenvalue weighted by atomic mass is 35.5. The number of Topliss-reactive ketones (excluding diaryl/α,β-unsaturated/α-hetero) is 2. The Morgan fingerprint density at radius 1 is 1.10 bits per heavy atom. The number of rotatable bonds is 1. The summed E-state index contributed by atoms with van der Waals surface area (Å²) < 4.78 is 5.07. The fraction of sp³-hybridized carbons (Fsp3) is 0.812. The SMILES string of the molecule is CC(=O)OC12CC1C(C)CC2=O.CC1CC(=O)C2(Cl)CC12. The molecule has 0 radical (unpaired) electrons. The lowest BCUT2D eigenvalue weighted by atomic mass is 10.1. The summed E-state index contributed by atoms with van der Waals surface area (Å²) in [6, 6.07) is 0. The van der Waals surface area contributed by atoms with Crippen LogP contribution in [0.4, 0.5) is 0 Å². The Hall–Kier alpha value is -0.900. The van der Waals surface area contributed by atoms with E-state index in [1.165, 1.54) is 6.92 Å². The van der Waals surface area contributed by atoms with Gasteiger partial charge in [0.05, 0.1) is 0 Å². The van der Waals surface area contributed by atoms with Crippen LogP contribution >= 0.6 is 11.6 Å². The standard InChI is InChI=1S/C9H12O3.C7H9ClO/c1-5-3-8(11)9(4-7(5)9)12-6(2)10;1-4-2-6(9)7(8)3-5(4)7/h5,7H,3-4H2,1-2H3;4-5H,2-3H2,1H3. The van der Waals surface area contributed by atoms with Gasteiger partial charge in [-0.05, 0) is 24.2 Å². The van der Waals surface area contributed by atoms with Gasteiger partial charge in [0.2, 0.25) is 0 Å². The second-order valence-corrected chi connectivity index (χ2v) is 7.85. The number of carbonyl (C=O) groups is 3. The van der Waals surface area contributed by atoms with Gasteiger partial charge in [-0.3, -0.25) is 14.4 Å². The molecule has 4 aliphatic rings. The summed E-state index contributed by atoms with van der Waals surface area (Å²) in [5, 5.41) is 0. The Morgan fingerprint density at radius 3 is 1.90 bits per heavy atom. The monoisotopic (exact) mass is 312 g/mol. The lowest BCUT2D eigenvalue weighted by Crippen LogP contribution is -2.26. The molecule has 116 valence electrons. The zero-order valence-electron chi connectivity index (χ0n) is 12.6. The van der Waals surface area contributed by atoms with Crippen molar-refractivity contribution >= 4 is 29.1 Å². The molecule has 4 nitrogen and oxygen atoms in total. The maximum absolute atomic E-state index is 11.4. The molecule has 4 fully saturated rings. The Kier molecular flexibility index (Phi) is 3.25. The van der Waals surface area contributed by atoms with Crippen molar-refractivity contribution in [2.24, 2.45) is 23.7 Å². The van der Waals surface area contributed by atoms with Gasteiger partial charge in [0.25, 0.3) is 0 Å². The molecule has 0 aromatic rings. The highest BCUT2D eigenvalue weighted by molar-refractivity contribution is 6.38. The van der Waals surface area contributed by atoms with Crippen LogP contribution in [0.15, 0.2) is 0 Å². The molecule has 0 bridgehead atoms. The van der Waals surface area contributed by atoms with E-state index < -0.39 is 5.60 Å². The third-order valence-electron chi connectivity index (χ3n) is 5.56. The van der Waals surface area contributed by atoms with Crippen LogP contribution in [0, 0.1) is 23.7 Å². The van der Waals surface area contributed by atoms with E-state index in [1.807, 2.05) is 6.92 Å². The van der Waals surface area contributed by atoms with Gasteiger partial charge in [-0.2, -0.15) is 0 Å². The van der Waals surface area contributed by atoms with Gasteiger partial charge >= 0.3 is 5.97 Å². The molecule has 0 amide bonds. The molecule has 0 N–H and O–H groups in total. The minimum atomic E-state index is -0.675. The van der Waals surface area contributed by atoms with Crippen molar-refractivity contribution in [3.63, 3.8) is 0 Å². The van der Waals surface area contributed by atoms with Crippen molar-refractivity contribution < 1.29 is 19.1 Å².